The monoisotopic (exact) mass is 530 g/mol. The minimum atomic E-state index is -3.78. The molecule has 198 valence electrons. The van der Waals surface area contributed by atoms with Gasteiger partial charge in [-0.2, -0.15) is 4.31 Å². The highest BCUT2D eigenvalue weighted by molar-refractivity contribution is 7.89. The lowest BCUT2D eigenvalue weighted by atomic mass is 10.2. The van der Waals surface area contributed by atoms with E-state index in [1.54, 1.807) is 16.7 Å². The molecule has 0 radical (unpaired) electrons. The van der Waals surface area contributed by atoms with Gasteiger partial charge in [0.05, 0.1) is 23.7 Å². The summed E-state index contributed by atoms with van der Waals surface area (Å²) in [5.41, 5.74) is 1.45. The maximum absolute atomic E-state index is 13.5. The second-order valence-corrected chi connectivity index (χ2v) is 10.7. The van der Waals surface area contributed by atoms with Gasteiger partial charge in [-0.25, -0.2) is 22.6 Å². The van der Waals surface area contributed by atoms with E-state index in [1.807, 2.05) is 18.7 Å². The van der Waals surface area contributed by atoms with Crippen molar-refractivity contribution in [1.82, 2.24) is 38.3 Å². The van der Waals surface area contributed by atoms with E-state index < -0.39 is 10.0 Å². The number of aromatic amines is 1. The largest absolute Gasteiger partial charge is 0.493 e. The fourth-order valence-electron chi connectivity index (χ4n) is 4.65. The zero-order chi connectivity index (χ0) is 26.2. The number of fused-ring (bicyclic) bond motifs is 3. The van der Waals surface area contributed by atoms with Crippen LogP contribution < -0.4 is 10.4 Å². The topological polar surface area (TPSA) is 151 Å². The zero-order valence-electron chi connectivity index (χ0n) is 20.8. The fraction of sp³-hybridized carbons (Fsp3) is 0.478. The van der Waals surface area contributed by atoms with E-state index in [0.717, 1.165) is 0 Å². The molecule has 5 rings (SSSR count). The van der Waals surface area contributed by atoms with Crippen LogP contribution in [0.5, 0.6) is 5.75 Å². The number of aryl methyl sites for hydroxylation is 1. The van der Waals surface area contributed by atoms with E-state index in [4.69, 9.17) is 14.8 Å². The molecule has 1 aliphatic heterocycles. The molecule has 0 saturated carbocycles. The van der Waals surface area contributed by atoms with Crippen LogP contribution in [0.25, 0.3) is 28.2 Å². The first kappa shape index (κ1) is 25.3. The van der Waals surface area contributed by atoms with Crippen molar-refractivity contribution >= 4 is 26.8 Å². The van der Waals surface area contributed by atoms with Crippen LogP contribution in [0.2, 0.25) is 0 Å². The molecule has 0 aliphatic carbocycles. The maximum Gasteiger partial charge on any atom is 0.336 e. The quantitative estimate of drug-likeness (QED) is 0.316. The second-order valence-electron chi connectivity index (χ2n) is 8.80. The molecule has 1 aromatic carbocycles. The zero-order valence-corrected chi connectivity index (χ0v) is 21.6. The number of piperazine rings is 1. The summed E-state index contributed by atoms with van der Waals surface area (Å²) in [5.74, 6) is 0.832. The van der Waals surface area contributed by atoms with Gasteiger partial charge in [-0.1, -0.05) is 6.92 Å². The van der Waals surface area contributed by atoms with Gasteiger partial charge in [0.1, 0.15) is 23.4 Å². The van der Waals surface area contributed by atoms with Crippen molar-refractivity contribution in [1.29, 1.82) is 0 Å². The number of aromatic nitrogens is 6. The molecule has 0 spiro atoms. The van der Waals surface area contributed by atoms with Gasteiger partial charge >= 0.3 is 5.69 Å². The Labute approximate surface area is 213 Å². The summed E-state index contributed by atoms with van der Waals surface area (Å²) in [6.07, 6.45) is 2.08. The molecule has 0 bridgehead atoms. The molecule has 1 fully saturated rings. The number of nitrogens with zero attached hydrogens (tertiary/aromatic N) is 7. The van der Waals surface area contributed by atoms with E-state index in [1.165, 1.54) is 21.1 Å². The molecular weight excluding hydrogens is 500 g/mol. The minimum absolute atomic E-state index is 0.0414. The predicted octanol–water partition coefficient (Wildman–Crippen LogP) is 0.542. The normalized spacial score (nSPS) is 15.6. The van der Waals surface area contributed by atoms with Crippen molar-refractivity contribution in [3.63, 3.8) is 0 Å². The van der Waals surface area contributed by atoms with Crippen molar-refractivity contribution < 1.29 is 18.3 Å². The van der Waals surface area contributed by atoms with Gasteiger partial charge in [0.15, 0.2) is 11.3 Å². The number of ether oxygens (including phenoxy) is 1. The Morgan fingerprint density at radius 1 is 1.11 bits per heavy atom. The number of benzene rings is 1. The third-order valence-corrected chi connectivity index (χ3v) is 8.38. The molecule has 0 unspecified atom stereocenters. The number of imidazole rings is 1. The SMILES string of the molecule is CCCn1c(=O)n2cnnc2c2[nH]c(-c3cc(S(=O)(=O)N4CCN(CCO)CC4)ccc3OCC)nc21. The molecule has 14 heteroatoms. The maximum atomic E-state index is 13.5. The Morgan fingerprint density at radius 2 is 1.89 bits per heavy atom. The van der Waals surface area contributed by atoms with Gasteiger partial charge in [-0.15, -0.1) is 10.2 Å². The molecule has 1 saturated heterocycles. The highest BCUT2D eigenvalue weighted by atomic mass is 32.2. The predicted molar refractivity (Wildman–Crippen MR) is 136 cm³/mol. The van der Waals surface area contributed by atoms with Gasteiger partial charge in [-0.05, 0) is 31.5 Å². The number of nitrogens with one attached hydrogen (secondary N) is 1. The Balaban J connectivity index is 1.61. The number of β-amino-alcohol motifs (C(OH)–C–C–N with tert-alkyl or cyclic N) is 1. The summed E-state index contributed by atoms with van der Waals surface area (Å²) in [5, 5.41) is 17.1. The molecule has 4 aromatic rings. The summed E-state index contributed by atoms with van der Waals surface area (Å²) in [4.78, 5) is 23.1. The van der Waals surface area contributed by atoms with Crippen molar-refractivity contribution in [2.75, 3.05) is 45.9 Å². The van der Waals surface area contributed by atoms with E-state index >= 15 is 0 Å². The first-order valence-corrected chi connectivity index (χ1v) is 13.8. The summed E-state index contributed by atoms with van der Waals surface area (Å²) >= 11 is 0. The van der Waals surface area contributed by atoms with Gasteiger partial charge < -0.3 is 14.8 Å². The molecule has 1 aliphatic rings. The number of aliphatic hydroxyl groups is 1. The fourth-order valence-corrected chi connectivity index (χ4v) is 6.10. The van der Waals surface area contributed by atoms with Gasteiger partial charge in [0.2, 0.25) is 10.0 Å². The van der Waals surface area contributed by atoms with Crippen LogP contribution in [0.15, 0.2) is 34.2 Å². The van der Waals surface area contributed by atoms with Crippen molar-refractivity contribution in [3.05, 3.63) is 35.0 Å². The molecule has 2 N–H and O–H groups in total. The summed E-state index contributed by atoms with van der Waals surface area (Å²) in [6, 6.07) is 4.73. The third-order valence-electron chi connectivity index (χ3n) is 6.49. The number of aliphatic hydroxyl groups excluding tert-OH is 1. The van der Waals surface area contributed by atoms with Crippen LogP contribution in [-0.2, 0) is 16.6 Å². The highest BCUT2D eigenvalue weighted by Gasteiger charge is 2.29. The van der Waals surface area contributed by atoms with E-state index in [0.29, 0.717) is 86.2 Å². The van der Waals surface area contributed by atoms with Crippen LogP contribution >= 0.6 is 0 Å². The summed E-state index contributed by atoms with van der Waals surface area (Å²) in [7, 11) is -3.78. The lowest BCUT2D eigenvalue weighted by Crippen LogP contribution is -2.49. The number of hydrogen-bond donors (Lipinski definition) is 2. The smallest absolute Gasteiger partial charge is 0.336 e. The van der Waals surface area contributed by atoms with Gasteiger partial charge in [0.25, 0.3) is 0 Å². The van der Waals surface area contributed by atoms with E-state index in [9.17, 15) is 13.2 Å². The lowest BCUT2D eigenvalue weighted by Gasteiger charge is -2.33. The summed E-state index contributed by atoms with van der Waals surface area (Å²) in [6.45, 7) is 6.98. The van der Waals surface area contributed by atoms with Crippen molar-refractivity contribution in [3.8, 4) is 17.1 Å². The molecular formula is C23H30N8O5S. The average Bonchev–Trinajstić information content (AvgIpc) is 3.55. The molecule has 0 amide bonds. The number of hydrogen-bond acceptors (Lipinski definition) is 9. The number of rotatable bonds is 9. The third kappa shape index (κ3) is 4.50. The standard InChI is InChI=1S/C23H30N8O5S/c1-3-7-30-21-19(22-27-24-15-31(22)23(30)33)25-20(26-21)17-14-16(5-6-18(17)36-4-2)37(34,35)29-10-8-28(9-11-29)12-13-32/h5-6,14-15,32H,3-4,7-13H2,1-2H3,(H,25,26). The van der Waals surface area contributed by atoms with Gasteiger partial charge in [0, 0.05) is 39.3 Å². The Morgan fingerprint density at radius 3 is 2.59 bits per heavy atom. The Bertz CT molecular complexity index is 1580. The van der Waals surface area contributed by atoms with Crippen LogP contribution in [0.3, 0.4) is 0 Å². The molecule has 4 heterocycles. The Kier molecular flexibility index (Phi) is 6.98. The van der Waals surface area contributed by atoms with Crippen molar-refractivity contribution in [2.24, 2.45) is 0 Å². The first-order chi connectivity index (χ1) is 17.9. The number of sulfonamides is 1. The second kappa shape index (κ2) is 10.2. The van der Waals surface area contributed by atoms with E-state index in [2.05, 4.69) is 15.2 Å². The molecule has 13 nitrogen and oxygen atoms in total. The van der Waals surface area contributed by atoms with E-state index in [-0.39, 0.29) is 17.2 Å². The van der Waals surface area contributed by atoms with Crippen molar-refractivity contribution in [2.45, 2.75) is 31.7 Å². The van der Waals surface area contributed by atoms with Crippen LogP contribution in [0.1, 0.15) is 20.3 Å². The molecule has 3 aromatic heterocycles. The van der Waals surface area contributed by atoms with Crippen LogP contribution in [0, 0.1) is 0 Å². The lowest BCUT2D eigenvalue weighted by molar-refractivity contribution is 0.151. The Hall–Kier alpha value is -3.33. The number of H-pyrrole nitrogens is 1. The summed E-state index contributed by atoms with van der Waals surface area (Å²) < 4.78 is 37.2. The van der Waals surface area contributed by atoms with Crippen LogP contribution in [-0.4, -0.2) is 97.8 Å². The highest BCUT2D eigenvalue weighted by Crippen LogP contribution is 2.33. The van der Waals surface area contributed by atoms with Gasteiger partial charge in [-0.3, -0.25) is 9.47 Å². The minimum Gasteiger partial charge on any atom is -0.493 e. The average molecular weight is 531 g/mol. The van der Waals surface area contributed by atoms with Crippen LogP contribution in [0.4, 0.5) is 0 Å². The molecule has 0 atom stereocenters. The molecule has 37 heavy (non-hydrogen) atoms. The first-order valence-electron chi connectivity index (χ1n) is 12.3.